The second-order valence-electron chi connectivity index (χ2n) is 4.45. The molecular formula is C13H12N4O6S. The first-order valence-electron chi connectivity index (χ1n) is 6.29. The van der Waals surface area contributed by atoms with E-state index in [2.05, 4.69) is 10.1 Å². The average molecular weight is 352 g/mol. The first kappa shape index (κ1) is 17.0. The van der Waals surface area contributed by atoms with Gasteiger partial charge in [-0.15, -0.1) is 11.3 Å². The Morgan fingerprint density at radius 1 is 1.29 bits per heavy atom. The highest BCUT2D eigenvalue weighted by Crippen LogP contribution is 2.29. The number of aromatic hydroxyl groups is 2. The SMILES string of the molecule is NC(=O)C(=NO[C@H](C(=O)O)c1ccc(O)c(O)c1)c1csc(N)n1. The van der Waals surface area contributed by atoms with E-state index in [0.717, 1.165) is 23.5 Å². The number of nitrogen functional groups attached to an aromatic ring is 1. The van der Waals surface area contributed by atoms with Crippen molar-refractivity contribution in [2.45, 2.75) is 6.10 Å². The minimum Gasteiger partial charge on any atom is -0.504 e. The number of carbonyl (C=O) groups is 2. The first-order chi connectivity index (χ1) is 11.3. The number of oxime groups is 1. The number of aliphatic carboxylic acids is 1. The van der Waals surface area contributed by atoms with Crippen LogP contribution in [0.3, 0.4) is 0 Å². The molecule has 1 aromatic heterocycles. The van der Waals surface area contributed by atoms with Crippen molar-refractivity contribution in [3.8, 4) is 11.5 Å². The Bertz CT molecular complexity index is 819. The Morgan fingerprint density at radius 3 is 2.50 bits per heavy atom. The molecule has 2 rings (SSSR count). The number of nitrogens with two attached hydrogens (primary N) is 2. The van der Waals surface area contributed by atoms with Gasteiger partial charge in [0.1, 0.15) is 5.69 Å². The molecule has 1 heterocycles. The molecule has 126 valence electrons. The van der Waals surface area contributed by atoms with E-state index in [4.69, 9.17) is 16.3 Å². The number of anilines is 1. The predicted octanol–water partition coefficient (Wildman–Crippen LogP) is 0.168. The fourth-order valence-electron chi connectivity index (χ4n) is 1.67. The number of phenolic OH excluding ortho intramolecular Hbond substituents is 2. The van der Waals surface area contributed by atoms with E-state index in [0.29, 0.717) is 0 Å². The summed E-state index contributed by atoms with van der Waals surface area (Å²) in [5, 5.41) is 33.0. The number of carbonyl (C=O) groups excluding carboxylic acids is 1. The largest absolute Gasteiger partial charge is 0.504 e. The molecule has 11 heteroatoms. The second kappa shape index (κ2) is 6.83. The van der Waals surface area contributed by atoms with E-state index in [1.165, 1.54) is 11.4 Å². The van der Waals surface area contributed by atoms with Crippen LogP contribution in [0.15, 0.2) is 28.7 Å². The van der Waals surface area contributed by atoms with Crippen LogP contribution in [0.5, 0.6) is 11.5 Å². The van der Waals surface area contributed by atoms with E-state index < -0.39 is 35.2 Å². The van der Waals surface area contributed by atoms with Crippen LogP contribution in [-0.2, 0) is 14.4 Å². The van der Waals surface area contributed by atoms with Crippen molar-refractivity contribution in [1.29, 1.82) is 0 Å². The number of carboxylic acid groups (broad SMARTS) is 1. The Balaban J connectivity index is 2.33. The molecule has 0 spiro atoms. The normalized spacial score (nSPS) is 12.6. The molecule has 0 saturated heterocycles. The standard InChI is InChI=1S/C13H12N4O6S/c14-11(20)9(6-4-24-13(15)16-6)17-23-10(12(21)22)5-1-2-7(18)8(19)3-5/h1-4,10,18-19H,(H2,14,20)(H2,15,16)(H,21,22)/t10-/m0/s1. The fraction of sp³-hybridized carbons (Fsp3) is 0.0769. The van der Waals surface area contributed by atoms with Crippen molar-refractivity contribution in [3.05, 3.63) is 34.8 Å². The zero-order chi connectivity index (χ0) is 17.9. The van der Waals surface area contributed by atoms with E-state index in [1.807, 2.05) is 0 Å². The molecule has 1 aromatic carbocycles. The summed E-state index contributed by atoms with van der Waals surface area (Å²) in [6, 6.07) is 3.30. The van der Waals surface area contributed by atoms with Gasteiger partial charge >= 0.3 is 5.97 Å². The average Bonchev–Trinajstić information content (AvgIpc) is 2.92. The number of hydrogen-bond acceptors (Lipinski definition) is 9. The molecule has 0 radical (unpaired) electrons. The Morgan fingerprint density at radius 2 is 2.00 bits per heavy atom. The smallest absolute Gasteiger partial charge is 0.352 e. The number of carboxylic acids is 1. The maximum absolute atomic E-state index is 11.4. The van der Waals surface area contributed by atoms with Crippen molar-refractivity contribution in [3.63, 3.8) is 0 Å². The van der Waals surface area contributed by atoms with Crippen molar-refractivity contribution < 1.29 is 29.7 Å². The maximum Gasteiger partial charge on any atom is 0.352 e. The molecule has 7 N–H and O–H groups in total. The van der Waals surface area contributed by atoms with Crippen LogP contribution >= 0.6 is 11.3 Å². The summed E-state index contributed by atoms with van der Waals surface area (Å²) in [6.07, 6.45) is -1.65. The Hall–Kier alpha value is -3.34. The highest BCUT2D eigenvalue weighted by atomic mass is 32.1. The van der Waals surface area contributed by atoms with Crippen molar-refractivity contribution in [2.75, 3.05) is 5.73 Å². The van der Waals surface area contributed by atoms with E-state index >= 15 is 0 Å². The van der Waals surface area contributed by atoms with Gasteiger partial charge in [0.15, 0.2) is 22.3 Å². The van der Waals surface area contributed by atoms with Crippen LogP contribution in [0, 0.1) is 0 Å². The molecule has 0 aliphatic rings. The van der Waals surface area contributed by atoms with Crippen LogP contribution in [0.2, 0.25) is 0 Å². The first-order valence-corrected chi connectivity index (χ1v) is 7.17. The highest BCUT2D eigenvalue weighted by Gasteiger charge is 2.24. The van der Waals surface area contributed by atoms with Crippen molar-refractivity contribution in [1.82, 2.24) is 4.98 Å². The number of primary amides is 1. The number of benzene rings is 1. The highest BCUT2D eigenvalue weighted by molar-refractivity contribution is 7.13. The van der Waals surface area contributed by atoms with Gasteiger partial charge in [-0.05, 0) is 12.1 Å². The van der Waals surface area contributed by atoms with Gasteiger partial charge < -0.3 is 31.6 Å². The fourth-order valence-corrected chi connectivity index (χ4v) is 2.22. The zero-order valence-corrected chi connectivity index (χ0v) is 12.7. The van der Waals surface area contributed by atoms with Crippen LogP contribution < -0.4 is 11.5 Å². The topological polar surface area (TPSA) is 181 Å². The molecule has 1 amide bonds. The lowest BCUT2D eigenvalue weighted by molar-refractivity contribution is -0.151. The summed E-state index contributed by atoms with van der Waals surface area (Å²) in [6.45, 7) is 0. The summed E-state index contributed by atoms with van der Waals surface area (Å²) in [7, 11) is 0. The summed E-state index contributed by atoms with van der Waals surface area (Å²) in [4.78, 5) is 31.5. The minimum absolute atomic E-state index is 0.0110. The van der Waals surface area contributed by atoms with E-state index in [9.17, 15) is 24.9 Å². The number of aromatic nitrogens is 1. The monoisotopic (exact) mass is 352 g/mol. The molecule has 1 atom stereocenters. The Kier molecular flexibility index (Phi) is 4.84. The van der Waals surface area contributed by atoms with Crippen LogP contribution in [0.25, 0.3) is 0 Å². The van der Waals surface area contributed by atoms with Gasteiger partial charge in [-0.3, -0.25) is 4.79 Å². The summed E-state index contributed by atoms with van der Waals surface area (Å²) in [5.74, 6) is -3.39. The van der Waals surface area contributed by atoms with Crippen LogP contribution in [-0.4, -0.2) is 37.9 Å². The number of amides is 1. The van der Waals surface area contributed by atoms with Gasteiger partial charge in [0, 0.05) is 10.9 Å². The lowest BCUT2D eigenvalue weighted by Crippen LogP contribution is -2.26. The number of nitrogens with zero attached hydrogens (tertiary/aromatic N) is 2. The number of rotatable bonds is 6. The van der Waals surface area contributed by atoms with E-state index in [-0.39, 0.29) is 16.4 Å². The predicted molar refractivity (Wildman–Crippen MR) is 83.5 cm³/mol. The minimum atomic E-state index is -1.65. The van der Waals surface area contributed by atoms with Crippen LogP contribution in [0.4, 0.5) is 5.13 Å². The Labute approximate surface area is 138 Å². The van der Waals surface area contributed by atoms with Gasteiger partial charge in [-0.25, -0.2) is 9.78 Å². The van der Waals surface area contributed by atoms with Crippen molar-refractivity contribution >= 4 is 34.1 Å². The lowest BCUT2D eigenvalue weighted by Gasteiger charge is -2.12. The third-order valence-electron chi connectivity index (χ3n) is 2.77. The number of thiazole rings is 1. The molecule has 0 unspecified atom stereocenters. The number of hydrogen-bond donors (Lipinski definition) is 5. The number of phenols is 2. The quantitative estimate of drug-likeness (QED) is 0.277. The molecule has 0 bridgehead atoms. The molecular weight excluding hydrogens is 340 g/mol. The third-order valence-corrected chi connectivity index (χ3v) is 3.45. The third kappa shape index (κ3) is 3.70. The summed E-state index contributed by atoms with van der Waals surface area (Å²) >= 11 is 1.04. The van der Waals surface area contributed by atoms with Gasteiger partial charge in [0.2, 0.25) is 6.10 Å². The molecule has 2 aromatic rings. The van der Waals surface area contributed by atoms with Gasteiger partial charge in [-0.1, -0.05) is 11.2 Å². The molecule has 0 aliphatic heterocycles. The van der Waals surface area contributed by atoms with E-state index in [1.54, 1.807) is 0 Å². The molecule has 0 aliphatic carbocycles. The molecule has 10 nitrogen and oxygen atoms in total. The maximum atomic E-state index is 11.4. The van der Waals surface area contributed by atoms with Crippen molar-refractivity contribution in [2.24, 2.45) is 10.9 Å². The zero-order valence-electron chi connectivity index (χ0n) is 11.9. The van der Waals surface area contributed by atoms with Gasteiger partial charge in [0.25, 0.3) is 5.91 Å². The molecule has 0 fully saturated rings. The summed E-state index contributed by atoms with van der Waals surface area (Å²) < 4.78 is 0. The second-order valence-corrected chi connectivity index (χ2v) is 5.34. The van der Waals surface area contributed by atoms with Gasteiger partial charge in [-0.2, -0.15) is 0 Å². The summed E-state index contributed by atoms with van der Waals surface area (Å²) in [5.41, 5.74) is 10.3. The van der Waals surface area contributed by atoms with Crippen LogP contribution in [0.1, 0.15) is 17.4 Å². The molecule has 0 saturated carbocycles. The molecule has 24 heavy (non-hydrogen) atoms. The lowest BCUT2D eigenvalue weighted by atomic mass is 10.1. The van der Waals surface area contributed by atoms with Gasteiger partial charge in [0.05, 0.1) is 0 Å².